The molecule has 1 saturated heterocycles. The molecule has 0 spiro atoms. The lowest BCUT2D eigenvalue weighted by molar-refractivity contribution is -0.126. The standard InChI is InChI=1S/C13H23NO3S/c1-9(2)13(10(3)15)14-12(16)8-18-7-11-5-4-6-17-11/h9,11,13H,4-8H2,1-3H3,(H,14,16). The first-order valence-electron chi connectivity index (χ1n) is 6.50. The van der Waals surface area contributed by atoms with Gasteiger partial charge in [-0.25, -0.2) is 0 Å². The number of thioether (sulfide) groups is 1. The Morgan fingerprint density at radius 2 is 2.17 bits per heavy atom. The van der Waals surface area contributed by atoms with Crippen molar-refractivity contribution in [3.8, 4) is 0 Å². The van der Waals surface area contributed by atoms with Crippen molar-refractivity contribution in [3.63, 3.8) is 0 Å². The van der Waals surface area contributed by atoms with E-state index in [0.29, 0.717) is 11.9 Å². The molecule has 1 heterocycles. The van der Waals surface area contributed by atoms with Crippen molar-refractivity contribution in [3.05, 3.63) is 0 Å². The first-order valence-corrected chi connectivity index (χ1v) is 7.65. The molecule has 5 heteroatoms. The maximum atomic E-state index is 11.7. The van der Waals surface area contributed by atoms with Gasteiger partial charge in [0.15, 0.2) is 5.78 Å². The van der Waals surface area contributed by atoms with Crippen LogP contribution in [-0.4, -0.2) is 41.9 Å². The molecule has 1 rings (SSSR count). The van der Waals surface area contributed by atoms with Gasteiger partial charge >= 0.3 is 0 Å². The van der Waals surface area contributed by atoms with Crippen LogP contribution in [0.15, 0.2) is 0 Å². The smallest absolute Gasteiger partial charge is 0.230 e. The van der Waals surface area contributed by atoms with Gasteiger partial charge in [0.05, 0.1) is 17.9 Å². The topological polar surface area (TPSA) is 55.4 Å². The quantitative estimate of drug-likeness (QED) is 0.766. The van der Waals surface area contributed by atoms with E-state index in [2.05, 4.69) is 5.32 Å². The molecule has 0 radical (unpaired) electrons. The second-order valence-electron chi connectivity index (χ2n) is 5.05. The zero-order chi connectivity index (χ0) is 13.5. The molecule has 2 unspecified atom stereocenters. The summed E-state index contributed by atoms with van der Waals surface area (Å²) in [4.78, 5) is 23.1. The van der Waals surface area contributed by atoms with Crippen LogP contribution in [0.25, 0.3) is 0 Å². The summed E-state index contributed by atoms with van der Waals surface area (Å²) in [5.74, 6) is 1.35. The molecule has 0 aliphatic carbocycles. The zero-order valence-electron chi connectivity index (χ0n) is 11.4. The van der Waals surface area contributed by atoms with Crippen LogP contribution in [-0.2, 0) is 14.3 Å². The molecule has 104 valence electrons. The molecule has 1 fully saturated rings. The van der Waals surface area contributed by atoms with Crippen molar-refractivity contribution in [2.24, 2.45) is 5.92 Å². The van der Waals surface area contributed by atoms with E-state index in [4.69, 9.17) is 4.74 Å². The number of carbonyl (C=O) groups excluding carboxylic acids is 2. The number of hydrogen-bond donors (Lipinski definition) is 1. The molecule has 1 amide bonds. The minimum Gasteiger partial charge on any atom is -0.377 e. The first kappa shape index (κ1) is 15.5. The summed E-state index contributed by atoms with van der Waals surface area (Å²) in [5.41, 5.74) is 0. The van der Waals surface area contributed by atoms with Crippen LogP contribution < -0.4 is 5.32 Å². The Morgan fingerprint density at radius 3 is 2.67 bits per heavy atom. The van der Waals surface area contributed by atoms with Gasteiger partial charge in [0.1, 0.15) is 0 Å². The van der Waals surface area contributed by atoms with E-state index in [1.54, 1.807) is 11.8 Å². The number of hydrogen-bond acceptors (Lipinski definition) is 4. The lowest BCUT2D eigenvalue weighted by atomic mass is 10.0. The highest BCUT2D eigenvalue weighted by Gasteiger charge is 2.21. The molecule has 0 aromatic heterocycles. The van der Waals surface area contributed by atoms with E-state index in [-0.39, 0.29) is 23.7 Å². The van der Waals surface area contributed by atoms with Crippen molar-refractivity contribution in [2.75, 3.05) is 18.1 Å². The summed E-state index contributed by atoms with van der Waals surface area (Å²) in [6, 6.07) is -0.360. The number of amides is 1. The molecule has 2 atom stereocenters. The Morgan fingerprint density at radius 1 is 1.44 bits per heavy atom. The Labute approximate surface area is 113 Å². The molecule has 1 N–H and O–H groups in total. The van der Waals surface area contributed by atoms with Crippen molar-refractivity contribution in [1.29, 1.82) is 0 Å². The van der Waals surface area contributed by atoms with E-state index in [0.717, 1.165) is 25.2 Å². The van der Waals surface area contributed by atoms with Gasteiger partial charge in [0.2, 0.25) is 5.91 Å². The van der Waals surface area contributed by atoms with Gasteiger partial charge in [-0.1, -0.05) is 13.8 Å². The third-order valence-electron chi connectivity index (χ3n) is 2.98. The van der Waals surface area contributed by atoms with Gasteiger partial charge in [0, 0.05) is 12.4 Å². The Balaban J connectivity index is 2.21. The second-order valence-corrected chi connectivity index (χ2v) is 6.08. The third kappa shape index (κ3) is 5.40. The molecular formula is C13H23NO3S. The average Bonchev–Trinajstić information content (AvgIpc) is 2.78. The summed E-state index contributed by atoms with van der Waals surface area (Å²) in [6.07, 6.45) is 2.52. The number of Topliss-reactive ketones (excluding diaryl/α,β-unsaturated/α-hetero) is 1. The first-order chi connectivity index (χ1) is 8.50. The largest absolute Gasteiger partial charge is 0.377 e. The average molecular weight is 273 g/mol. The number of rotatable bonds is 7. The SMILES string of the molecule is CC(=O)C(NC(=O)CSCC1CCCO1)C(C)C. The van der Waals surface area contributed by atoms with E-state index in [1.165, 1.54) is 6.92 Å². The van der Waals surface area contributed by atoms with Crippen LogP contribution in [0.2, 0.25) is 0 Å². The van der Waals surface area contributed by atoms with Gasteiger partial charge in [-0.05, 0) is 25.7 Å². The number of ketones is 1. The normalized spacial score (nSPS) is 21.0. The molecule has 0 bridgehead atoms. The second kappa shape index (κ2) is 7.79. The Hall–Kier alpha value is -0.550. The Kier molecular flexibility index (Phi) is 6.71. The van der Waals surface area contributed by atoms with E-state index >= 15 is 0 Å². The maximum absolute atomic E-state index is 11.7. The fourth-order valence-electron chi connectivity index (χ4n) is 2.01. The van der Waals surface area contributed by atoms with Gasteiger partial charge in [-0.15, -0.1) is 11.8 Å². The molecule has 1 aliphatic rings. The highest BCUT2D eigenvalue weighted by molar-refractivity contribution is 7.99. The van der Waals surface area contributed by atoms with Crippen molar-refractivity contribution < 1.29 is 14.3 Å². The summed E-state index contributed by atoms with van der Waals surface area (Å²) in [5, 5.41) is 2.79. The van der Waals surface area contributed by atoms with Gasteiger partial charge in [-0.2, -0.15) is 0 Å². The highest BCUT2D eigenvalue weighted by atomic mass is 32.2. The molecule has 0 aromatic carbocycles. The van der Waals surface area contributed by atoms with Crippen LogP contribution in [0.3, 0.4) is 0 Å². The monoisotopic (exact) mass is 273 g/mol. The van der Waals surface area contributed by atoms with Crippen molar-refractivity contribution in [2.45, 2.75) is 45.8 Å². The van der Waals surface area contributed by atoms with Crippen molar-refractivity contribution in [1.82, 2.24) is 5.32 Å². The maximum Gasteiger partial charge on any atom is 0.230 e. The fraction of sp³-hybridized carbons (Fsp3) is 0.846. The predicted molar refractivity (Wildman–Crippen MR) is 73.7 cm³/mol. The van der Waals surface area contributed by atoms with E-state index in [9.17, 15) is 9.59 Å². The fourth-order valence-corrected chi connectivity index (χ4v) is 2.92. The van der Waals surface area contributed by atoms with Crippen molar-refractivity contribution >= 4 is 23.5 Å². The van der Waals surface area contributed by atoms with Gasteiger partial charge in [0.25, 0.3) is 0 Å². The molecule has 0 saturated carbocycles. The lowest BCUT2D eigenvalue weighted by Crippen LogP contribution is -2.44. The number of nitrogens with one attached hydrogen (secondary N) is 1. The van der Waals surface area contributed by atoms with Crippen LogP contribution in [0.1, 0.15) is 33.6 Å². The molecule has 18 heavy (non-hydrogen) atoms. The van der Waals surface area contributed by atoms with Crippen LogP contribution >= 0.6 is 11.8 Å². The predicted octanol–water partition coefficient (Wildman–Crippen LogP) is 1.63. The molecule has 0 aromatic rings. The van der Waals surface area contributed by atoms with E-state index < -0.39 is 0 Å². The number of ether oxygens (including phenoxy) is 1. The van der Waals surface area contributed by atoms with Crippen LogP contribution in [0, 0.1) is 5.92 Å². The summed E-state index contributed by atoms with van der Waals surface area (Å²) in [7, 11) is 0. The third-order valence-corrected chi connectivity index (χ3v) is 4.06. The van der Waals surface area contributed by atoms with Crippen LogP contribution in [0.5, 0.6) is 0 Å². The molecule has 1 aliphatic heterocycles. The molecular weight excluding hydrogens is 250 g/mol. The Bertz CT molecular complexity index is 288. The number of carbonyl (C=O) groups is 2. The van der Waals surface area contributed by atoms with Crippen LogP contribution in [0.4, 0.5) is 0 Å². The molecule has 4 nitrogen and oxygen atoms in total. The minimum absolute atomic E-state index is 0.0162. The lowest BCUT2D eigenvalue weighted by Gasteiger charge is -2.19. The van der Waals surface area contributed by atoms with E-state index in [1.807, 2.05) is 13.8 Å². The summed E-state index contributed by atoms with van der Waals surface area (Å²) in [6.45, 7) is 6.24. The highest BCUT2D eigenvalue weighted by Crippen LogP contribution is 2.16. The van der Waals surface area contributed by atoms with Gasteiger partial charge < -0.3 is 10.1 Å². The zero-order valence-corrected chi connectivity index (χ0v) is 12.2. The summed E-state index contributed by atoms with van der Waals surface area (Å²) >= 11 is 1.58. The van der Waals surface area contributed by atoms with Gasteiger partial charge in [-0.3, -0.25) is 9.59 Å². The summed E-state index contributed by atoms with van der Waals surface area (Å²) < 4.78 is 5.49. The minimum atomic E-state index is -0.360.